The van der Waals surface area contributed by atoms with Crippen molar-refractivity contribution in [3.63, 3.8) is 0 Å². The van der Waals surface area contributed by atoms with E-state index in [0.717, 1.165) is 13.0 Å². The van der Waals surface area contributed by atoms with Crippen LogP contribution in [0.3, 0.4) is 0 Å². The van der Waals surface area contributed by atoms with E-state index >= 15 is 0 Å². The topological polar surface area (TPSA) is 41.1 Å². The molecular formula is C11H18N2OS. The average Bonchev–Trinajstić information content (AvgIpc) is 2.74. The summed E-state index contributed by atoms with van der Waals surface area (Å²) < 4.78 is 0. The fraction of sp³-hybridized carbons (Fsp3) is 0.545. The van der Waals surface area contributed by atoms with Crippen molar-refractivity contribution in [1.82, 2.24) is 10.6 Å². The fourth-order valence-electron chi connectivity index (χ4n) is 1.22. The Morgan fingerprint density at radius 3 is 2.93 bits per heavy atom. The molecule has 0 aromatic carbocycles. The maximum atomic E-state index is 11.3. The third kappa shape index (κ3) is 5.42. The first-order valence-corrected chi connectivity index (χ1v) is 6.25. The van der Waals surface area contributed by atoms with Crippen molar-refractivity contribution in [1.29, 1.82) is 0 Å². The van der Waals surface area contributed by atoms with Crippen LogP contribution in [0, 0.1) is 0 Å². The number of hydrogen-bond donors (Lipinski definition) is 2. The van der Waals surface area contributed by atoms with Crippen molar-refractivity contribution in [2.75, 3.05) is 6.54 Å². The van der Waals surface area contributed by atoms with E-state index in [4.69, 9.17) is 0 Å². The Hall–Kier alpha value is -1.03. The van der Waals surface area contributed by atoms with Crippen LogP contribution in [0.2, 0.25) is 0 Å². The highest BCUT2D eigenvalue weighted by Crippen LogP contribution is 2.06. The minimum atomic E-state index is -0.0699. The van der Waals surface area contributed by atoms with E-state index in [0.29, 0.717) is 6.54 Å². The maximum absolute atomic E-state index is 11.3. The Morgan fingerprint density at radius 1 is 1.40 bits per heavy atom. The van der Waals surface area contributed by atoms with Gasteiger partial charge in [-0.15, -0.1) is 11.3 Å². The second kappa shape index (κ2) is 7.29. The van der Waals surface area contributed by atoms with Gasteiger partial charge in [0.05, 0.1) is 6.54 Å². The first-order valence-electron chi connectivity index (χ1n) is 5.37. The smallest absolute Gasteiger partial charge is 0.315 e. The van der Waals surface area contributed by atoms with Crippen molar-refractivity contribution in [2.45, 2.75) is 32.7 Å². The highest BCUT2D eigenvalue weighted by Gasteiger charge is 1.99. The molecule has 15 heavy (non-hydrogen) atoms. The second-order valence-electron chi connectivity index (χ2n) is 3.40. The van der Waals surface area contributed by atoms with Gasteiger partial charge in [-0.25, -0.2) is 4.79 Å². The molecule has 0 aliphatic rings. The van der Waals surface area contributed by atoms with E-state index in [1.807, 2.05) is 17.5 Å². The van der Waals surface area contributed by atoms with E-state index in [1.54, 1.807) is 11.3 Å². The van der Waals surface area contributed by atoms with Gasteiger partial charge in [-0.05, 0) is 17.9 Å². The van der Waals surface area contributed by atoms with Crippen LogP contribution in [0.25, 0.3) is 0 Å². The lowest BCUT2D eigenvalue weighted by Crippen LogP contribution is -2.35. The highest BCUT2D eigenvalue weighted by molar-refractivity contribution is 7.09. The van der Waals surface area contributed by atoms with E-state index in [9.17, 15) is 4.79 Å². The molecule has 1 aromatic heterocycles. The Labute approximate surface area is 94.9 Å². The summed E-state index contributed by atoms with van der Waals surface area (Å²) in [4.78, 5) is 12.5. The molecule has 0 atom stereocenters. The summed E-state index contributed by atoms with van der Waals surface area (Å²) in [6.45, 7) is 3.54. The molecule has 1 heterocycles. The monoisotopic (exact) mass is 226 g/mol. The third-order valence-corrected chi connectivity index (χ3v) is 2.95. The molecular weight excluding hydrogens is 208 g/mol. The first kappa shape index (κ1) is 12.0. The van der Waals surface area contributed by atoms with Gasteiger partial charge in [-0.2, -0.15) is 0 Å². The number of hydrogen-bond acceptors (Lipinski definition) is 2. The van der Waals surface area contributed by atoms with Crippen LogP contribution in [-0.4, -0.2) is 12.6 Å². The molecule has 0 spiro atoms. The van der Waals surface area contributed by atoms with Crippen LogP contribution in [0.5, 0.6) is 0 Å². The van der Waals surface area contributed by atoms with Gasteiger partial charge < -0.3 is 10.6 Å². The number of carbonyl (C=O) groups is 1. The number of nitrogens with one attached hydrogen (secondary N) is 2. The fourth-order valence-corrected chi connectivity index (χ4v) is 1.86. The predicted octanol–water partition coefficient (Wildman–Crippen LogP) is 2.74. The van der Waals surface area contributed by atoms with Gasteiger partial charge in [0.1, 0.15) is 0 Å². The molecule has 0 aliphatic heterocycles. The van der Waals surface area contributed by atoms with Gasteiger partial charge in [0.15, 0.2) is 0 Å². The second-order valence-corrected chi connectivity index (χ2v) is 4.43. The maximum Gasteiger partial charge on any atom is 0.315 e. The molecule has 0 radical (unpaired) electrons. The van der Waals surface area contributed by atoms with Crippen molar-refractivity contribution in [2.24, 2.45) is 0 Å². The molecule has 1 aromatic rings. The molecule has 0 saturated heterocycles. The lowest BCUT2D eigenvalue weighted by Gasteiger charge is -2.05. The first-order chi connectivity index (χ1) is 7.33. The Kier molecular flexibility index (Phi) is 5.85. The molecule has 0 aliphatic carbocycles. The molecule has 0 fully saturated rings. The van der Waals surface area contributed by atoms with Crippen LogP contribution < -0.4 is 10.6 Å². The van der Waals surface area contributed by atoms with Gasteiger partial charge in [0.25, 0.3) is 0 Å². The number of thiophene rings is 1. The van der Waals surface area contributed by atoms with Gasteiger partial charge in [-0.1, -0.05) is 25.8 Å². The number of amides is 2. The minimum Gasteiger partial charge on any atom is -0.338 e. The van der Waals surface area contributed by atoms with Gasteiger partial charge >= 0.3 is 6.03 Å². The van der Waals surface area contributed by atoms with Crippen LogP contribution in [0.4, 0.5) is 4.79 Å². The Balaban J connectivity index is 2.04. The van der Waals surface area contributed by atoms with E-state index in [-0.39, 0.29) is 6.03 Å². The summed E-state index contributed by atoms with van der Waals surface area (Å²) in [6, 6.07) is 3.93. The van der Waals surface area contributed by atoms with Crippen molar-refractivity contribution < 1.29 is 4.79 Å². The normalized spacial score (nSPS) is 9.93. The minimum absolute atomic E-state index is 0.0699. The summed E-state index contributed by atoms with van der Waals surface area (Å²) in [5, 5.41) is 7.67. The van der Waals surface area contributed by atoms with Crippen LogP contribution in [0.15, 0.2) is 17.5 Å². The Morgan fingerprint density at radius 2 is 2.27 bits per heavy atom. The van der Waals surface area contributed by atoms with E-state index in [1.165, 1.54) is 17.7 Å². The van der Waals surface area contributed by atoms with E-state index < -0.39 is 0 Å². The van der Waals surface area contributed by atoms with Gasteiger partial charge in [-0.3, -0.25) is 0 Å². The zero-order chi connectivity index (χ0) is 10.9. The van der Waals surface area contributed by atoms with Crippen molar-refractivity contribution in [3.8, 4) is 0 Å². The van der Waals surface area contributed by atoms with E-state index in [2.05, 4.69) is 17.6 Å². The molecule has 2 N–H and O–H groups in total. The van der Waals surface area contributed by atoms with Crippen molar-refractivity contribution in [3.05, 3.63) is 22.4 Å². The average molecular weight is 226 g/mol. The van der Waals surface area contributed by atoms with Crippen LogP contribution in [0.1, 0.15) is 31.1 Å². The lowest BCUT2D eigenvalue weighted by atomic mass is 10.2. The molecule has 2 amide bonds. The number of rotatable bonds is 6. The number of urea groups is 1. The van der Waals surface area contributed by atoms with Crippen LogP contribution >= 0.6 is 11.3 Å². The SMILES string of the molecule is CCCCCNC(=O)NCc1cccs1. The molecule has 84 valence electrons. The summed E-state index contributed by atoms with van der Waals surface area (Å²) in [5.74, 6) is 0. The molecule has 1 rings (SSSR count). The highest BCUT2D eigenvalue weighted by atomic mass is 32.1. The molecule has 3 nitrogen and oxygen atoms in total. The predicted molar refractivity (Wildman–Crippen MR) is 64.1 cm³/mol. The Bertz CT molecular complexity index is 272. The summed E-state index contributed by atoms with van der Waals surface area (Å²) in [5.41, 5.74) is 0. The molecule has 0 bridgehead atoms. The summed E-state index contributed by atoms with van der Waals surface area (Å²) in [7, 11) is 0. The lowest BCUT2D eigenvalue weighted by molar-refractivity contribution is 0.240. The zero-order valence-electron chi connectivity index (χ0n) is 9.08. The quantitative estimate of drug-likeness (QED) is 0.719. The van der Waals surface area contributed by atoms with Crippen molar-refractivity contribution >= 4 is 17.4 Å². The van der Waals surface area contributed by atoms with Gasteiger partial charge in [0.2, 0.25) is 0 Å². The largest absolute Gasteiger partial charge is 0.338 e. The standard InChI is InChI=1S/C11H18N2OS/c1-2-3-4-7-12-11(14)13-9-10-6-5-8-15-10/h5-6,8H,2-4,7,9H2,1H3,(H2,12,13,14). The number of unbranched alkanes of at least 4 members (excludes halogenated alkanes) is 2. The van der Waals surface area contributed by atoms with Gasteiger partial charge in [0, 0.05) is 11.4 Å². The molecule has 0 unspecified atom stereocenters. The number of carbonyl (C=O) groups excluding carboxylic acids is 1. The summed E-state index contributed by atoms with van der Waals surface area (Å²) >= 11 is 1.65. The third-order valence-electron chi connectivity index (χ3n) is 2.07. The molecule has 4 heteroatoms. The van der Waals surface area contributed by atoms with Crippen LogP contribution in [-0.2, 0) is 6.54 Å². The zero-order valence-corrected chi connectivity index (χ0v) is 9.90. The summed E-state index contributed by atoms with van der Waals surface area (Å²) in [6.07, 6.45) is 3.41. The molecule has 0 saturated carbocycles.